The third-order valence-corrected chi connectivity index (χ3v) is 7.13. The summed E-state index contributed by atoms with van der Waals surface area (Å²) in [6.07, 6.45) is 2.68. The molecule has 1 aliphatic rings. The van der Waals surface area contributed by atoms with Crippen LogP contribution in [-0.4, -0.2) is 43.8 Å². The topological polar surface area (TPSA) is 92.8 Å². The van der Waals surface area contributed by atoms with Gasteiger partial charge >= 0.3 is 5.97 Å². The average molecular weight is 445 g/mol. The van der Waals surface area contributed by atoms with E-state index in [0.29, 0.717) is 19.6 Å². The van der Waals surface area contributed by atoms with E-state index in [-0.39, 0.29) is 10.5 Å². The molecule has 1 amide bonds. The highest BCUT2D eigenvalue weighted by atomic mass is 32.2. The van der Waals surface area contributed by atoms with E-state index in [1.54, 1.807) is 0 Å². The summed E-state index contributed by atoms with van der Waals surface area (Å²) in [5, 5.41) is 2.72. The summed E-state index contributed by atoms with van der Waals surface area (Å²) in [5.74, 6) is -1.17. The molecule has 0 bridgehead atoms. The van der Waals surface area contributed by atoms with Crippen LogP contribution >= 0.6 is 0 Å². The molecule has 1 aliphatic heterocycles. The van der Waals surface area contributed by atoms with Crippen molar-refractivity contribution in [2.45, 2.75) is 50.2 Å². The van der Waals surface area contributed by atoms with Gasteiger partial charge in [0.25, 0.3) is 5.91 Å². The predicted molar refractivity (Wildman–Crippen MR) is 117 cm³/mol. The predicted octanol–water partition coefficient (Wildman–Crippen LogP) is 3.11. The van der Waals surface area contributed by atoms with Gasteiger partial charge in [0.1, 0.15) is 0 Å². The maximum atomic E-state index is 13.0. The lowest BCUT2D eigenvalue weighted by atomic mass is 10.2. The van der Waals surface area contributed by atoms with Crippen LogP contribution in [0.25, 0.3) is 0 Å². The average Bonchev–Trinajstić information content (AvgIpc) is 3.08. The summed E-state index contributed by atoms with van der Waals surface area (Å²) in [7, 11) is -3.68. The lowest BCUT2D eigenvalue weighted by molar-refractivity contribution is -0.129. The molecule has 2 aromatic rings. The van der Waals surface area contributed by atoms with E-state index in [1.165, 1.54) is 35.5 Å². The third kappa shape index (κ3) is 6.15. The smallest absolute Gasteiger partial charge is 0.338 e. The highest BCUT2D eigenvalue weighted by molar-refractivity contribution is 7.89. The van der Waals surface area contributed by atoms with Gasteiger partial charge in [0, 0.05) is 19.6 Å². The zero-order chi connectivity index (χ0) is 22.3. The van der Waals surface area contributed by atoms with Gasteiger partial charge in [-0.05, 0) is 43.5 Å². The van der Waals surface area contributed by atoms with Gasteiger partial charge < -0.3 is 10.1 Å². The van der Waals surface area contributed by atoms with Crippen molar-refractivity contribution in [3.8, 4) is 0 Å². The first-order valence-corrected chi connectivity index (χ1v) is 11.9. The van der Waals surface area contributed by atoms with Crippen molar-refractivity contribution in [2.75, 3.05) is 13.1 Å². The van der Waals surface area contributed by atoms with Crippen LogP contribution in [0, 0.1) is 0 Å². The van der Waals surface area contributed by atoms with E-state index < -0.39 is 28.0 Å². The number of rotatable bonds is 7. The molecule has 1 fully saturated rings. The van der Waals surface area contributed by atoms with Gasteiger partial charge in [-0.3, -0.25) is 4.79 Å². The van der Waals surface area contributed by atoms with Gasteiger partial charge in [0.05, 0.1) is 10.5 Å². The van der Waals surface area contributed by atoms with Crippen LogP contribution in [0.5, 0.6) is 0 Å². The highest BCUT2D eigenvalue weighted by Gasteiger charge is 2.26. The molecule has 0 saturated carbocycles. The highest BCUT2D eigenvalue weighted by Crippen LogP contribution is 2.21. The molecule has 3 rings (SSSR count). The number of sulfonamides is 1. The first kappa shape index (κ1) is 23.0. The molecular formula is C23H28N2O5S. The molecular weight excluding hydrogens is 416 g/mol. The minimum absolute atomic E-state index is 0.0602. The van der Waals surface area contributed by atoms with Crippen molar-refractivity contribution in [3.63, 3.8) is 0 Å². The lowest BCUT2D eigenvalue weighted by Crippen LogP contribution is -2.35. The van der Waals surface area contributed by atoms with Crippen molar-refractivity contribution in [2.24, 2.45) is 0 Å². The summed E-state index contributed by atoms with van der Waals surface area (Å²) >= 11 is 0. The number of hydrogen-bond acceptors (Lipinski definition) is 5. The first-order chi connectivity index (χ1) is 14.9. The Morgan fingerprint density at radius 3 is 2.35 bits per heavy atom. The second-order valence-corrected chi connectivity index (χ2v) is 9.54. The van der Waals surface area contributed by atoms with Crippen molar-refractivity contribution >= 4 is 21.9 Å². The van der Waals surface area contributed by atoms with E-state index in [9.17, 15) is 18.0 Å². The molecule has 0 unspecified atom stereocenters. The lowest BCUT2D eigenvalue weighted by Gasteiger charge is -2.20. The van der Waals surface area contributed by atoms with Crippen molar-refractivity contribution in [1.82, 2.24) is 9.62 Å². The molecule has 1 atom stereocenters. The Labute approximate surface area is 183 Å². The number of esters is 1. The van der Waals surface area contributed by atoms with Gasteiger partial charge in [-0.15, -0.1) is 0 Å². The standard InChI is InChI=1S/C23H28N2O5S/c1-18(22(26)24-17-19-10-5-4-6-11-19)30-23(27)20-12-9-13-21(16-20)31(28,29)25-14-7-2-3-8-15-25/h4-6,9-13,16,18H,2-3,7-8,14-15,17H2,1H3,(H,24,26)/t18-/m1/s1. The van der Waals surface area contributed by atoms with Gasteiger partial charge in [-0.2, -0.15) is 4.31 Å². The molecule has 8 heteroatoms. The quantitative estimate of drug-likeness (QED) is 0.663. The Bertz CT molecular complexity index is 1000. The maximum Gasteiger partial charge on any atom is 0.338 e. The minimum atomic E-state index is -3.68. The Hall–Kier alpha value is -2.71. The number of amides is 1. The van der Waals surface area contributed by atoms with Crippen LogP contribution in [-0.2, 0) is 26.1 Å². The summed E-state index contributed by atoms with van der Waals surface area (Å²) in [6.45, 7) is 2.77. The normalized spacial score (nSPS) is 16.2. The molecule has 0 aliphatic carbocycles. The summed E-state index contributed by atoms with van der Waals surface area (Å²) in [5.41, 5.74) is 1.03. The number of carbonyl (C=O) groups excluding carboxylic acids is 2. The minimum Gasteiger partial charge on any atom is -0.449 e. The van der Waals surface area contributed by atoms with Crippen LogP contribution in [0.1, 0.15) is 48.5 Å². The van der Waals surface area contributed by atoms with E-state index in [1.807, 2.05) is 30.3 Å². The second kappa shape index (κ2) is 10.5. The summed E-state index contributed by atoms with van der Waals surface area (Å²) in [6, 6.07) is 15.2. The fourth-order valence-electron chi connectivity index (χ4n) is 3.43. The molecule has 0 spiro atoms. The summed E-state index contributed by atoms with van der Waals surface area (Å²) < 4.78 is 32.7. The zero-order valence-corrected chi connectivity index (χ0v) is 18.4. The fraction of sp³-hybridized carbons (Fsp3) is 0.391. The van der Waals surface area contributed by atoms with Crippen LogP contribution in [0.4, 0.5) is 0 Å². The van der Waals surface area contributed by atoms with Gasteiger partial charge in [-0.25, -0.2) is 13.2 Å². The second-order valence-electron chi connectivity index (χ2n) is 7.60. The van der Waals surface area contributed by atoms with Gasteiger partial charge in [-0.1, -0.05) is 49.2 Å². The first-order valence-electron chi connectivity index (χ1n) is 10.5. The number of benzene rings is 2. The number of nitrogens with zero attached hydrogens (tertiary/aromatic N) is 1. The van der Waals surface area contributed by atoms with E-state index >= 15 is 0 Å². The van der Waals surface area contributed by atoms with E-state index in [0.717, 1.165) is 31.2 Å². The van der Waals surface area contributed by atoms with Crippen molar-refractivity contribution < 1.29 is 22.7 Å². The molecule has 1 saturated heterocycles. The van der Waals surface area contributed by atoms with Gasteiger partial charge in [0.15, 0.2) is 6.10 Å². The van der Waals surface area contributed by atoms with Crippen LogP contribution in [0.2, 0.25) is 0 Å². The number of carbonyl (C=O) groups is 2. The molecule has 1 heterocycles. The summed E-state index contributed by atoms with van der Waals surface area (Å²) in [4.78, 5) is 24.9. The molecule has 166 valence electrons. The van der Waals surface area contributed by atoms with E-state index in [2.05, 4.69) is 5.32 Å². The molecule has 1 N–H and O–H groups in total. The largest absolute Gasteiger partial charge is 0.449 e. The van der Waals surface area contributed by atoms with Gasteiger partial charge in [0.2, 0.25) is 10.0 Å². The molecule has 2 aromatic carbocycles. The number of nitrogens with one attached hydrogen (secondary N) is 1. The Morgan fingerprint density at radius 1 is 1.00 bits per heavy atom. The molecule has 7 nitrogen and oxygen atoms in total. The van der Waals surface area contributed by atoms with Crippen LogP contribution in [0.3, 0.4) is 0 Å². The molecule has 31 heavy (non-hydrogen) atoms. The number of ether oxygens (including phenoxy) is 1. The monoisotopic (exact) mass is 444 g/mol. The zero-order valence-electron chi connectivity index (χ0n) is 17.6. The molecule has 0 radical (unpaired) electrons. The third-order valence-electron chi connectivity index (χ3n) is 5.24. The SMILES string of the molecule is C[C@@H](OC(=O)c1cccc(S(=O)(=O)N2CCCCCC2)c1)C(=O)NCc1ccccc1. The fourth-order valence-corrected chi connectivity index (χ4v) is 4.99. The van der Waals surface area contributed by atoms with E-state index in [4.69, 9.17) is 4.74 Å². The van der Waals surface area contributed by atoms with Crippen LogP contribution < -0.4 is 5.32 Å². The Morgan fingerprint density at radius 2 is 1.68 bits per heavy atom. The maximum absolute atomic E-state index is 13.0. The number of hydrogen-bond donors (Lipinski definition) is 1. The Balaban J connectivity index is 1.63. The Kier molecular flexibility index (Phi) is 7.81. The van der Waals surface area contributed by atoms with Crippen LogP contribution in [0.15, 0.2) is 59.5 Å². The van der Waals surface area contributed by atoms with Crippen molar-refractivity contribution in [1.29, 1.82) is 0 Å². The molecule has 0 aromatic heterocycles. The van der Waals surface area contributed by atoms with Crippen molar-refractivity contribution in [3.05, 3.63) is 65.7 Å².